The molecule has 0 aliphatic heterocycles. The van der Waals surface area contributed by atoms with Gasteiger partial charge in [0.25, 0.3) is 5.56 Å². The van der Waals surface area contributed by atoms with Gasteiger partial charge in [-0.25, -0.2) is 9.97 Å². The third-order valence-electron chi connectivity index (χ3n) is 5.54. The Morgan fingerprint density at radius 3 is 2.41 bits per heavy atom. The number of benzene rings is 2. The molecule has 0 spiro atoms. The summed E-state index contributed by atoms with van der Waals surface area (Å²) in [5.74, 6) is 0.248. The molecule has 2 aromatic carbocycles. The number of aromatic nitrogens is 4. The lowest BCUT2D eigenvalue weighted by Crippen LogP contribution is -2.20. The van der Waals surface area contributed by atoms with Gasteiger partial charge in [-0.3, -0.25) is 14.2 Å². The molecule has 0 radical (unpaired) electrons. The molecule has 178 valence electrons. The smallest absolute Gasteiger partial charge is 0.387 e. The van der Waals surface area contributed by atoms with E-state index in [1.54, 1.807) is 62.2 Å². The zero-order valence-electron chi connectivity index (χ0n) is 18.9. The van der Waals surface area contributed by atoms with E-state index < -0.39 is 12.2 Å². The fourth-order valence-corrected chi connectivity index (χ4v) is 3.76. The molecule has 0 aliphatic carbocycles. The van der Waals surface area contributed by atoms with Gasteiger partial charge in [0, 0.05) is 30.6 Å². The molecule has 0 amide bonds. The summed E-state index contributed by atoms with van der Waals surface area (Å²) >= 11 is 0. The molecule has 4 rings (SSSR count). The van der Waals surface area contributed by atoms with Crippen molar-refractivity contribution in [1.82, 2.24) is 19.3 Å². The minimum absolute atomic E-state index is 0.0340. The van der Waals surface area contributed by atoms with Crippen LogP contribution in [0.1, 0.15) is 30.8 Å². The van der Waals surface area contributed by atoms with Gasteiger partial charge in [-0.15, -0.1) is 0 Å². The number of aliphatic hydroxyl groups excluding tert-OH is 1. The minimum Gasteiger partial charge on any atom is -0.434 e. The van der Waals surface area contributed by atoms with Crippen molar-refractivity contribution in [3.8, 4) is 16.9 Å². The number of aliphatic hydroxyl groups is 2. The average molecular weight is 470 g/mol. The highest BCUT2D eigenvalue weighted by atomic mass is 19.3. The van der Waals surface area contributed by atoms with Crippen molar-refractivity contribution < 1.29 is 23.7 Å². The lowest BCUT2D eigenvalue weighted by Gasteiger charge is -2.16. The first-order chi connectivity index (χ1) is 16.1. The Hall–Kier alpha value is -3.63. The van der Waals surface area contributed by atoms with Crippen molar-refractivity contribution in [3.63, 3.8) is 0 Å². The Bertz CT molecular complexity index is 1390. The fraction of sp³-hybridized carbons (Fsp3) is 0.292. The van der Waals surface area contributed by atoms with Crippen LogP contribution in [-0.2, 0) is 25.8 Å². The Morgan fingerprint density at radius 1 is 1.09 bits per heavy atom. The number of fused-ring (bicyclic) bond motifs is 1. The monoisotopic (exact) mass is 470 g/mol. The van der Waals surface area contributed by atoms with Crippen molar-refractivity contribution >= 4 is 10.9 Å². The summed E-state index contributed by atoms with van der Waals surface area (Å²) in [4.78, 5) is 21.3. The zero-order chi connectivity index (χ0) is 24.6. The van der Waals surface area contributed by atoms with E-state index in [1.807, 2.05) is 0 Å². The van der Waals surface area contributed by atoms with Gasteiger partial charge in [-0.05, 0) is 49.2 Å². The standard InChI is InChI=1S/C24H24F2N4O4/c1-24(2,33)22-27-10-17(11-28-22)15-5-6-18-19(9-15)30(29(3)21(18)32)12-16-8-14(13-31)4-7-20(16)34-23(25)26/h4-11,23,31,33H,12-13H2,1-3H3. The fourth-order valence-electron chi connectivity index (χ4n) is 3.76. The number of hydrogen-bond acceptors (Lipinski definition) is 6. The van der Waals surface area contributed by atoms with Gasteiger partial charge in [0.1, 0.15) is 11.4 Å². The quantitative estimate of drug-likeness (QED) is 0.430. The Balaban J connectivity index is 1.80. The van der Waals surface area contributed by atoms with E-state index in [0.717, 1.165) is 5.56 Å². The van der Waals surface area contributed by atoms with E-state index in [1.165, 1.54) is 16.8 Å². The number of ether oxygens (including phenoxy) is 1. The van der Waals surface area contributed by atoms with E-state index >= 15 is 0 Å². The maximum absolute atomic E-state index is 12.9. The first-order valence-electron chi connectivity index (χ1n) is 10.5. The number of alkyl halides is 2. The lowest BCUT2D eigenvalue weighted by atomic mass is 10.1. The minimum atomic E-state index is -3.01. The maximum atomic E-state index is 12.9. The second-order valence-electron chi connectivity index (χ2n) is 8.45. The van der Waals surface area contributed by atoms with E-state index in [4.69, 9.17) is 0 Å². The molecule has 0 unspecified atom stereocenters. The van der Waals surface area contributed by atoms with Gasteiger partial charge in [0.2, 0.25) is 0 Å². The highest BCUT2D eigenvalue weighted by molar-refractivity contribution is 5.84. The third-order valence-corrected chi connectivity index (χ3v) is 5.54. The van der Waals surface area contributed by atoms with Gasteiger partial charge in [0.05, 0.1) is 24.1 Å². The summed E-state index contributed by atoms with van der Waals surface area (Å²) in [5, 5.41) is 20.0. The van der Waals surface area contributed by atoms with E-state index in [9.17, 15) is 23.8 Å². The van der Waals surface area contributed by atoms with E-state index in [-0.39, 0.29) is 30.3 Å². The van der Waals surface area contributed by atoms with Crippen LogP contribution in [0, 0.1) is 0 Å². The summed E-state index contributed by atoms with van der Waals surface area (Å²) in [6, 6.07) is 9.71. The van der Waals surface area contributed by atoms with Gasteiger partial charge in [-0.2, -0.15) is 8.78 Å². The van der Waals surface area contributed by atoms with E-state index in [2.05, 4.69) is 14.7 Å². The van der Waals surface area contributed by atoms with Crippen LogP contribution in [0.4, 0.5) is 8.78 Å². The largest absolute Gasteiger partial charge is 0.434 e. The number of rotatable bonds is 7. The van der Waals surface area contributed by atoms with Gasteiger partial charge in [-0.1, -0.05) is 12.1 Å². The van der Waals surface area contributed by atoms with Crippen LogP contribution in [0.2, 0.25) is 0 Å². The summed E-state index contributed by atoms with van der Waals surface area (Å²) in [5.41, 5.74) is 1.50. The highest BCUT2D eigenvalue weighted by Crippen LogP contribution is 2.27. The molecule has 2 N–H and O–H groups in total. The Morgan fingerprint density at radius 2 is 1.79 bits per heavy atom. The van der Waals surface area contributed by atoms with Crippen molar-refractivity contribution in [1.29, 1.82) is 0 Å². The van der Waals surface area contributed by atoms with Gasteiger partial charge in [0.15, 0.2) is 5.82 Å². The maximum Gasteiger partial charge on any atom is 0.387 e. The summed E-state index contributed by atoms with van der Waals surface area (Å²) < 4.78 is 33.6. The normalized spacial score (nSPS) is 12.0. The van der Waals surface area contributed by atoms with Crippen LogP contribution < -0.4 is 10.3 Å². The first kappa shape index (κ1) is 23.5. The summed E-state index contributed by atoms with van der Waals surface area (Å²) in [7, 11) is 1.59. The molecule has 0 saturated carbocycles. The van der Waals surface area contributed by atoms with Crippen LogP contribution in [0.25, 0.3) is 22.0 Å². The van der Waals surface area contributed by atoms with Crippen molar-refractivity contribution in [2.24, 2.45) is 7.05 Å². The molecule has 0 fully saturated rings. The molecular formula is C24H24F2N4O4. The number of hydrogen-bond donors (Lipinski definition) is 2. The zero-order valence-corrected chi connectivity index (χ0v) is 18.9. The van der Waals surface area contributed by atoms with Crippen LogP contribution in [-0.4, -0.2) is 36.2 Å². The molecule has 4 aromatic rings. The molecule has 8 nitrogen and oxygen atoms in total. The number of halogens is 2. The predicted molar refractivity (Wildman–Crippen MR) is 122 cm³/mol. The number of nitrogens with zero attached hydrogens (tertiary/aromatic N) is 4. The molecule has 0 bridgehead atoms. The second-order valence-corrected chi connectivity index (χ2v) is 8.45. The van der Waals surface area contributed by atoms with Gasteiger partial charge < -0.3 is 14.9 Å². The second kappa shape index (κ2) is 8.96. The predicted octanol–water partition coefficient (Wildman–Crippen LogP) is 3.17. The lowest BCUT2D eigenvalue weighted by molar-refractivity contribution is -0.0505. The molecule has 0 aliphatic rings. The van der Waals surface area contributed by atoms with Crippen molar-refractivity contribution in [2.45, 2.75) is 39.2 Å². The third kappa shape index (κ3) is 4.55. The Kier molecular flexibility index (Phi) is 6.20. The molecule has 2 aromatic heterocycles. The topological polar surface area (TPSA) is 102 Å². The van der Waals surface area contributed by atoms with Crippen molar-refractivity contribution in [2.75, 3.05) is 0 Å². The van der Waals surface area contributed by atoms with Crippen LogP contribution in [0.3, 0.4) is 0 Å². The first-order valence-corrected chi connectivity index (χ1v) is 10.5. The molecular weight excluding hydrogens is 446 g/mol. The molecule has 34 heavy (non-hydrogen) atoms. The SMILES string of the molecule is Cn1c(=O)c2ccc(-c3cnc(C(C)(C)O)nc3)cc2n1Cc1cc(CO)ccc1OC(F)F. The Labute approximate surface area is 193 Å². The molecule has 2 heterocycles. The summed E-state index contributed by atoms with van der Waals surface area (Å²) in [6.45, 7) is -0.0356. The molecule has 10 heteroatoms. The average Bonchev–Trinajstić information content (AvgIpc) is 3.03. The molecule has 0 saturated heterocycles. The highest BCUT2D eigenvalue weighted by Gasteiger charge is 2.20. The van der Waals surface area contributed by atoms with Crippen molar-refractivity contribution in [3.05, 3.63) is 76.1 Å². The van der Waals surface area contributed by atoms with Crippen LogP contribution in [0.5, 0.6) is 5.75 Å². The van der Waals surface area contributed by atoms with Crippen LogP contribution in [0.15, 0.2) is 53.6 Å². The van der Waals surface area contributed by atoms with Gasteiger partial charge >= 0.3 is 6.61 Å². The van der Waals surface area contributed by atoms with E-state index in [0.29, 0.717) is 27.6 Å². The van der Waals surface area contributed by atoms with Crippen LogP contribution >= 0.6 is 0 Å². The summed E-state index contributed by atoms with van der Waals surface area (Å²) in [6.07, 6.45) is 3.18. The molecule has 0 atom stereocenters.